The molecule has 1 N–H and O–H groups in total. The van der Waals surface area contributed by atoms with Crippen LogP contribution >= 0.6 is 0 Å². The fraction of sp³-hybridized carbons (Fsp3) is 0.538. The Balaban J connectivity index is 2.05. The van der Waals surface area contributed by atoms with E-state index in [2.05, 4.69) is 4.98 Å². The van der Waals surface area contributed by atoms with E-state index in [4.69, 9.17) is 4.74 Å². The van der Waals surface area contributed by atoms with Crippen LogP contribution in [0.4, 0.5) is 0 Å². The Morgan fingerprint density at radius 1 is 1.47 bits per heavy atom. The largest absolute Gasteiger partial charge is 0.488 e. The van der Waals surface area contributed by atoms with Gasteiger partial charge in [-0.05, 0) is 31.9 Å². The highest BCUT2D eigenvalue weighted by Crippen LogP contribution is 2.30. The maximum Gasteiger partial charge on any atom is 0.172 e. The highest BCUT2D eigenvalue weighted by molar-refractivity contribution is 5.76. The molecule has 1 aromatic heterocycles. The van der Waals surface area contributed by atoms with Crippen LogP contribution in [0.25, 0.3) is 0 Å². The molecule has 17 heavy (non-hydrogen) atoms. The Kier molecular flexibility index (Phi) is 3.43. The molecule has 1 aliphatic carbocycles. The minimum absolute atomic E-state index is 0.235. The number of aryl methyl sites for hydroxylation is 1. The van der Waals surface area contributed by atoms with E-state index in [1.807, 2.05) is 6.92 Å². The number of nitrogens with zero attached hydrogens (tertiary/aromatic N) is 1. The highest BCUT2D eigenvalue weighted by Gasteiger charge is 2.32. The molecule has 1 saturated carbocycles. The van der Waals surface area contributed by atoms with Crippen molar-refractivity contribution < 1.29 is 14.6 Å². The number of aldehydes is 1. The molecular formula is C13H17NO3. The molecule has 0 aromatic carbocycles. The summed E-state index contributed by atoms with van der Waals surface area (Å²) in [6.07, 6.45) is 4.28. The molecule has 0 aliphatic heterocycles. The fourth-order valence-electron chi connectivity index (χ4n) is 2.16. The molecule has 1 fully saturated rings. The minimum Gasteiger partial charge on any atom is -0.488 e. The van der Waals surface area contributed by atoms with Gasteiger partial charge < -0.3 is 9.84 Å². The van der Waals surface area contributed by atoms with Gasteiger partial charge in [-0.1, -0.05) is 12.8 Å². The van der Waals surface area contributed by atoms with Gasteiger partial charge >= 0.3 is 0 Å². The average Bonchev–Trinajstić information content (AvgIpc) is 2.75. The van der Waals surface area contributed by atoms with E-state index in [1.54, 1.807) is 12.1 Å². The zero-order valence-corrected chi connectivity index (χ0v) is 9.98. The standard InChI is InChI=1S/C13H17NO3/c1-10-4-5-12(11(8-15)14-10)17-9-13(16)6-2-3-7-13/h4-5,8,16H,2-3,6-7,9H2,1H3. The Morgan fingerprint density at radius 2 is 2.18 bits per heavy atom. The van der Waals surface area contributed by atoms with Crippen LogP contribution in [-0.2, 0) is 0 Å². The maximum atomic E-state index is 10.9. The number of pyridine rings is 1. The quantitative estimate of drug-likeness (QED) is 0.809. The van der Waals surface area contributed by atoms with E-state index in [1.165, 1.54) is 0 Å². The van der Waals surface area contributed by atoms with Crippen molar-refractivity contribution >= 4 is 6.29 Å². The first-order valence-electron chi connectivity index (χ1n) is 5.91. The minimum atomic E-state index is -0.731. The SMILES string of the molecule is Cc1ccc(OCC2(O)CCCC2)c(C=O)n1. The Labute approximate surface area is 101 Å². The van der Waals surface area contributed by atoms with Crippen LogP contribution in [0.1, 0.15) is 41.9 Å². The van der Waals surface area contributed by atoms with Crippen LogP contribution < -0.4 is 4.74 Å². The highest BCUT2D eigenvalue weighted by atomic mass is 16.5. The number of carbonyl (C=O) groups is 1. The summed E-state index contributed by atoms with van der Waals surface area (Å²) in [5.41, 5.74) is 0.344. The van der Waals surface area contributed by atoms with E-state index < -0.39 is 5.60 Å². The molecule has 0 amide bonds. The van der Waals surface area contributed by atoms with Crippen LogP contribution in [0, 0.1) is 6.92 Å². The van der Waals surface area contributed by atoms with Crippen molar-refractivity contribution in [1.82, 2.24) is 4.98 Å². The van der Waals surface area contributed by atoms with E-state index in [9.17, 15) is 9.90 Å². The molecule has 4 nitrogen and oxygen atoms in total. The molecule has 0 saturated heterocycles. The second-order valence-corrected chi connectivity index (χ2v) is 4.67. The molecule has 1 heterocycles. The monoisotopic (exact) mass is 235 g/mol. The lowest BCUT2D eigenvalue weighted by Crippen LogP contribution is -2.32. The summed E-state index contributed by atoms with van der Waals surface area (Å²) >= 11 is 0. The van der Waals surface area contributed by atoms with E-state index >= 15 is 0 Å². The molecule has 2 rings (SSSR count). The zero-order chi connectivity index (χ0) is 12.3. The van der Waals surface area contributed by atoms with E-state index in [0.29, 0.717) is 17.7 Å². The molecule has 4 heteroatoms. The number of hydrogen-bond acceptors (Lipinski definition) is 4. The third kappa shape index (κ3) is 2.82. The first-order valence-corrected chi connectivity index (χ1v) is 5.91. The van der Waals surface area contributed by atoms with Crippen LogP contribution in [0.2, 0.25) is 0 Å². The lowest BCUT2D eigenvalue weighted by Gasteiger charge is -2.22. The Hall–Kier alpha value is -1.42. The summed E-state index contributed by atoms with van der Waals surface area (Å²) in [5, 5.41) is 10.1. The van der Waals surface area contributed by atoms with E-state index in [-0.39, 0.29) is 6.61 Å². The van der Waals surface area contributed by atoms with Crippen molar-refractivity contribution in [3.63, 3.8) is 0 Å². The number of ether oxygens (including phenoxy) is 1. The summed E-state index contributed by atoms with van der Waals surface area (Å²) in [6, 6.07) is 3.52. The Bertz CT molecular complexity index is 411. The van der Waals surface area contributed by atoms with Crippen molar-refractivity contribution in [3.8, 4) is 5.75 Å². The normalized spacial score (nSPS) is 18.0. The lowest BCUT2D eigenvalue weighted by molar-refractivity contribution is 0.00110. The predicted molar refractivity (Wildman–Crippen MR) is 63.3 cm³/mol. The summed E-state index contributed by atoms with van der Waals surface area (Å²) < 4.78 is 5.53. The van der Waals surface area contributed by atoms with Gasteiger partial charge in [0.15, 0.2) is 6.29 Å². The molecular weight excluding hydrogens is 218 g/mol. The zero-order valence-electron chi connectivity index (χ0n) is 9.98. The van der Waals surface area contributed by atoms with Crippen molar-refractivity contribution in [2.75, 3.05) is 6.61 Å². The smallest absolute Gasteiger partial charge is 0.172 e. The first-order chi connectivity index (χ1) is 8.13. The lowest BCUT2D eigenvalue weighted by atomic mass is 10.0. The number of aromatic nitrogens is 1. The van der Waals surface area contributed by atoms with Crippen molar-refractivity contribution in [2.24, 2.45) is 0 Å². The molecule has 1 aromatic rings. The van der Waals surface area contributed by atoms with Gasteiger partial charge in [-0.25, -0.2) is 4.98 Å². The number of carbonyl (C=O) groups excluding carboxylic acids is 1. The molecule has 0 spiro atoms. The maximum absolute atomic E-state index is 10.9. The summed E-state index contributed by atoms with van der Waals surface area (Å²) in [7, 11) is 0. The van der Waals surface area contributed by atoms with Gasteiger partial charge in [0.05, 0.1) is 5.60 Å². The third-order valence-electron chi connectivity index (χ3n) is 3.17. The molecule has 0 unspecified atom stereocenters. The predicted octanol–water partition coefficient (Wildman–Crippen LogP) is 1.89. The molecule has 1 aliphatic rings. The average molecular weight is 235 g/mol. The number of hydrogen-bond donors (Lipinski definition) is 1. The van der Waals surface area contributed by atoms with Gasteiger partial charge in [-0.3, -0.25) is 4.79 Å². The molecule has 0 bridgehead atoms. The van der Waals surface area contributed by atoms with Gasteiger partial charge in [0, 0.05) is 5.69 Å². The van der Waals surface area contributed by atoms with Crippen molar-refractivity contribution in [3.05, 3.63) is 23.5 Å². The van der Waals surface area contributed by atoms with Crippen molar-refractivity contribution in [1.29, 1.82) is 0 Å². The third-order valence-corrected chi connectivity index (χ3v) is 3.17. The van der Waals surface area contributed by atoms with Gasteiger partial charge in [0.2, 0.25) is 0 Å². The van der Waals surface area contributed by atoms with Gasteiger partial charge in [0.1, 0.15) is 18.1 Å². The van der Waals surface area contributed by atoms with Crippen LogP contribution in [-0.4, -0.2) is 28.6 Å². The number of aliphatic hydroxyl groups is 1. The van der Waals surface area contributed by atoms with Crippen molar-refractivity contribution in [2.45, 2.75) is 38.2 Å². The van der Waals surface area contributed by atoms with E-state index in [0.717, 1.165) is 31.4 Å². The van der Waals surface area contributed by atoms with Crippen LogP contribution in [0.3, 0.4) is 0 Å². The van der Waals surface area contributed by atoms with Crippen LogP contribution in [0.5, 0.6) is 5.75 Å². The second-order valence-electron chi connectivity index (χ2n) is 4.67. The molecule has 0 atom stereocenters. The molecule has 92 valence electrons. The molecule has 0 radical (unpaired) electrons. The fourth-order valence-corrected chi connectivity index (χ4v) is 2.16. The number of rotatable bonds is 4. The first kappa shape index (κ1) is 12.0. The van der Waals surface area contributed by atoms with Gasteiger partial charge in [-0.15, -0.1) is 0 Å². The summed E-state index contributed by atoms with van der Waals surface area (Å²) in [5.74, 6) is 0.450. The van der Waals surface area contributed by atoms with Gasteiger partial charge in [0.25, 0.3) is 0 Å². The van der Waals surface area contributed by atoms with Gasteiger partial charge in [-0.2, -0.15) is 0 Å². The van der Waals surface area contributed by atoms with Crippen LogP contribution in [0.15, 0.2) is 12.1 Å². The topological polar surface area (TPSA) is 59.4 Å². The summed E-state index contributed by atoms with van der Waals surface area (Å²) in [6.45, 7) is 2.06. The second kappa shape index (κ2) is 4.84. The Morgan fingerprint density at radius 3 is 2.82 bits per heavy atom. The summed E-state index contributed by atoms with van der Waals surface area (Å²) in [4.78, 5) is 14.9.